The van der Waals surface area contributed by atoms with Crippen LogP contribution in [0.3, 0.4) is 0 Å². The highest BCUT2D eigenvalue weighted by molar-refractivity contribution is 5.80. The van der Waals surface area contributed by atoms with Crippen LogP contribution in [0.5, 0.6) is 0 Å². The van der Waals surface area contributed by atoms with Gasteiger partial charge in [-0.05, 0) is 52.0 Å². The number of aromatic nitrogens is 1. The van der Waals surface area contributed by atoms with E-state index in [0.29, 0.717) is 19.1 Å². The molecule has 0 aliphatic carbocycles. The van der Waals surface area contributed by atoms with Crippen LogP contribution < -0.4 is 0 Å². The molecule has 0 N–H and O–H groups in total. The number of carbonyl (C=O) groups is 1. The lowest BCUT2D eigenvalue weighted by molar-refractivity contribution is -0.206. The Bertz CT molecular complexity index is 606. The van der Waals surface area contributed by atoms with E-state index in [-0.39, 0.29) is 18.1 Å². The fourth-order valence-electron chi connectivity index (χ4n) is 4.18. The first-order chi connectivity index (χ1) is 12.1. The van der Waals surface area contributed by atoms with Gasteiger partial charge in [0.25, 0.3) is 5.91 Å². The summed E-state index contributed by atoms with van der Waals surface area (Å²) in [4.78, 5) is 20.5. The van der Waals surface area contributed by atoms with Gasteiger partial charge in [0.1, 0.15) is 11.9 Å². The Hall–Kier alpha value is -1.44. The minimum absolute atomic E-state index is 0.00590. The summed E-state index contributed by atoms with van der Waals surface area (Å²) in [5, 5.41) is 5.56. The van der Waals surface area contributed by atoms with Crippen LogP contribution in [0.2, 0.25) is 0 Å². The Labute approximate surface area is 148 Å². The number of amides is 1. The summed E-state index contributed by atoms with van der Waals surface area (Å²) in [5.41, 5.74) is 2.13. The maximum Gasteiger partial charge on any atom is 0.275 e. The Kier molecular flexibility index (Phi) is 4.80. The summed E-state index contributed by atoms with van der Waals surface area (Å²) < 4.78 is 11.4. The zero-order chi connectivity index (χ0) is 17.4. The van der Waals surface area contributed by atoms with Crippen molar-refractivity contribution >= 4 is 5.91 Å². The number of likely N-dealkylation sites (tertiary alicyclic amines) is 1. The monoisotopic (exact) mass is 349 g/mol. The predicted octanol–water partition coefficient (Wildman–Crippen LogP) is 1.82. The van der Waals surface area contributed by atoms with Crippen molar-refractivity contribution in [2.24, 2.45) is 5.92 Å². The second kappa shape index (κ2) is 7.05. The first kappa shape index (κ1) is 17.0. The molecule has 1 aromatic heterocycles. The van der Waals surface area contributed by atoms with E-state index in [2.05, 4.69) is 10.1 Å². The maximum atomic E-state index is 12.6. The van der Waals surface area contributed by atoms with E-state index < -0.39 is 0 Å². The molecule has 0 aromatic carbocycles. The molecule has 3 atom stereocenters. The van der Waals surface area contributed by atoms with Gasteiger partial charge in [-0.1, -0.05) is 5.16 Å². The summed E-state index contributed by atoms with van der Waals surface area (Å²) in [5.74, 6) is 1.37. The van der Waals surface area contributed by atoms with Gasteiger partial charge in [0, 0.05) is 25.2 Å². The van der Waals surface area contributed by atoms with Gasteiger partial charge in [-0.3, -0.25) is 14.5 Å². The highest BCUT2D eigenvalue weighted by Crippen LogP contribution is 2.35. The minimum atomic E-state index is -0.341. The number of fused-ring (bicyclic) bond motifs is 1. The highest BCUT2D eigenvalue weighted by atomic mass is 16.7. The number of rotatable bonds is 3. The van der Waals surface area contributed by atoms with Crippen LogP contribution in [-0.4, -0.2) is 59.5 Å². The van der Waals surface area contributed by atoms with Gasteiger partial charge in [-0.15, -0.1) is 0 Å². The molecule has 3 aliphatic heterocycles. The zero-order valence-corrected chi connectivity index (χ0v) is 15.1. The maximum absolute atomic E-state index is 12.6. The second-order valence-electron chi connectivity index (χ2n) is 7.47. The quantitative estimate of drug-likeness (QED) is 0.829. The topological polar surface area (TPSA) is 68.0 Å². The molecule has 4 heterocycles. The number of aryl methyl sites for hydroxylation is 2. The molecule has 0 saturated carbocycles. The lowest BCUT2D eigenvalue weighted by Gasteiger charge is -2.34. The third-order valence-corrected chi connectivity index (χ3v) is 5.72. The van der Waals surface area contributed by atoms with E-state index in [1.54, 1.807) is 0 Å². The van der Waals surface area contributed by atoms with Crippen molar-refractivity contribution in [3.8, 4) is 0 Å². The van der Waals surface area contributed by atoms with Crippen LogP contribution in [0.25, 0.3) is 0 Å². The average Bonchev–Trinajstić information content (AvgIpc) is 3.20. The lowest BCUT2D eigenvalue weighted by Crippen LogP contribution is -2.43. The molecular formula is C18H27N3O4. The summed E-state index contributed by atoms with van der Waals surface area (Å²) in [7, 11) is 0. The number of carbonyl (C=O) groups excluding carboxylic acids is 1. The van der Waals surface area contributed by atoms with E-state index >= 15 is 0 Å². The molecule has 0 spiro atoms. The van der Waals surface area contributed by atoms with Crippen molar-refractivity contribution < 1.29 is 18.9 Å². The van der Waals surface area contributed by atoms with E-state index in [4.69, 9.17) is 14.1 Å². The Balaban J connectivity index is 1.35. The largest absolute Gasteiger partial charge is 0.363 e. The summed E-state index contributed by atoms with van der Waals surface area (Å²) in [6, 6.07) is 0. The Morgan fingerprint density at radius 3 is 2.88 bits per heavy atom. The number of hydrogen-bond acceptors (Lipinski definition) is 6. The van der Waals surface area contributed by atoms with Crippen molar-refractivity contribution in [2.45, 2.75) is 58.3 Å². The number of hydrogen-bond donors (Lipinski definition) is 0. The fraction of sp³-hybridized carbons (Fsp3) is 0.778. The number of piperidine rings is 1. The zero-order valence-electron chi connectivity index (χ0n) is 15.1. The second-order valence-corrected chi connectivity index (χ2v) is 7.47. The molecular weight excluding hydrogens is 322 g/mol. The van der Waals surface area contributed by atoms with E-state index in [0.717, 1.165) is 56.8 Å². The number of nitrogens with zero attached hydrogens (tertiary/aromatic N) is 3. The van der Waals surface area contributed by atoms with Gasteiger partial charge >= 0.3 is 0 Å². The Morgan fingerprint density at radius 1 is 1.28 bits per heavy atom. The van der Waals surface area contributed by atoms with E-state index in [1.807, 2.05) is 13.8 Å². The number of hydroxylamine groups is 2. The van der Waals surface area contributed by atoms with Crippen molar-refractivity contribution in [2.75, 3.05) is 26.2 Å². The van der Waals surface area contributed by atoms with Crippen LogP contribution in [0, 0.1) is 19.8 Å². The van der Waals surface area contributed by atoms with Crippen LogP contribution in [0.4, 0.5) is 0 Å². The summed E-state index contributed by atoms with van der Waals surface area (Å²) >= 11 is 0. The lowest BCUT2D eigenvalue weighted by atomic mass is 9.91. The SMILES string of the molecule is Cc1noc(C)c1CN1CC[C@@H]2C[C@@H](C(=O)N3CCCCO3)O[C@H]2C1. The van der Waals surface area contributed by atoms with Crippen LogP contribution in [-0.2, 0) is 20.9 Å². The summed E-state index contributed by atoms with van der Waals surface area (Å²) in [6.45, 7) is 7.98. The molecule has 138 valence electrons. The van der Waals surface area contributed by atoms with Crippen molar-refractivity contribution in [1.82, 2.24) is 15.1 Å². The first-order valence-electron chi connectivity index (χ1n) is 9.35. The van der Waals surface area contributed by atoms with Crippen molar-refractivity contribution in [1.29, 1.82) is 0 Å². The van der Waals surface area contributed by atoms with Crippen molar-refractivity contribution in [3.05, 3.63) is 17.0 Å². The highest BCUT2D eigenvalue weighted by Gasteiger charge is 2.43. The van der Waals surface area contributed by atoms with Gasteiger partial charge in [0.2, 0.25) is 0 Å². The van der Waals surface area contributed by atoms with Crippen LogP contribution in [0.15, 0.2) is 4.52 Å². The van der Waals surface area contributed by atoms with Gasteiger partial charge in [-0.2, -0.15) is 0 Å². The van der Waals surface area contributed by atoms with Gasteiger partial charge in [0.05, 0.1) is 18.4 Å². The fourth-order valence-corrected chi connectivity index (χ4v) is 4.18. The first-order valence-corrected chi connectivity index (χ1v) is 9.35. The molecule has 25 heavy (non-hydrogen) atoms. The van der Waals surface area contributed by atoms with Crippen molar-refractivity contribution in [3.63, 3.8) is 0 Å². The molecule has 0 radical (unpaired) electrons. The normalized spacial score (nSPS) is 30.5. The third-order valence-electron chi connectivity index (χ3n) is 5.72. The van der Waals surface area contributed by atoms with Gasteiger partial charge < -0.3 is 9.26 Å². The molecule has 4 rings (SSSR count). The minimum Gasteiger partial charge on any atom is -0.363 e. The van der Waals surface area contributed by atoms with E-state index in [1.165, 1.54) is 10.6 Å². The Morgan fingerprint density at radius 2 is 2.16 bits per heavy atom. The molecule has 7 nitrogen and oxygen atoms in total. The molecule has 7 heteroatoms. The summed E-state index contributed by atoms with van der Waals surface area (Å²) in [6.07, 6.45) is 3.72. The molecule has 3 saturated heterocycles. The molecule has 0 unspecified atom stereocenters. The molecule has 3 fully saturated rings. The average molecular weight is 349 g/mol. The molecule has 1 amide bonds. The van der Waals surface area contributed by atoms with Gasteiger partial charge in [0.15, 0.2) is 0 Å². The van der Waals surface area contributed by atoms with E-state index in [9.17, 15) is 4.79 Å². The molecule has 3 aliphatic rings. The van der Waals surface area contributed by atoms with Gasteiger partial charge in [-0.25, -0.2) is 5.06 Å². The predicted molar refractivity (Wildman–Crippen MR) is 89.5 cm³/mol. The number of ether oxygens (including phenoxy) is 1. The standard InChI is InChI=1S/C18H27N3O4/c1-12-15(13(2)25-19-12)10-20-7-5-14-9-16(24-17(14)11-20)18(22)21-6-3-4-8-23-21/h14,16-17H,3-11H2,1-2H3/t14-,16+,17+/m1/s1. The third kappa shape index (κ3) is 3.45. The molecule has 0 bridgehead atoms. The smallest absolute Gasteiger partial charge is 0.275 e. The van der Waals surface area contributed by atoms with Crippen LogP contribution in [0.1, 0.15) is 42.7 Å². The molecule has 1 aromatic rings. The van der Waals surface area contributed by atoms with Crippen LogP contribution >= 0.6 is 0 Å².